The fraction of sp³-hybridized carbons (Fsp3) is 0.800. The molecule has 4 aliphatic rings. The van der Waals surface area contributed by atoms with Crippen LogP contribution in [0.4, 0.5) is 0 Å². The van der Waals surface area contributed by atoms with E-state index >= 15 is 0 Å². The van der Waals surface area contributed by atoms with E-state index in [0.717, 1.165) is 0 Å². The fourth-order valence-electron chi connectivity index (χ4n) is 2.23. The van der Waals surface area contributed by atoms with Gasteiger partial charge in [0, 0.05) is 0 Å². The van der Waals surface area contributed by atoms with Gasteiger partial charge in [-0.2, -0.15) is 0 Å². The molecule has 0 radical (unpaired) electrons. The van der Waals surface area contributed by atoms with Crippen molar-refractivity contribution in [2.45, 2.75) is 13.8 Å². The molecule has 4 heteroatoms. The maximum Gasteiger partial charge on any atom is 0.0555 e. The molecule has 0 aromatic rings. The van der Waals surface area contributed by atoms with Crippen LogP contribution in [0.3, 0.4) is 0 Å². The molecule has 0 aromatic carbocycles. The third-order valence-corrected chi connectivity index (χ3v) is 2.73. The van der Waals surface area contributed by atoms with Crippen molar-refractivity contribution in [3.63, 3.8) is 0 Å². The number of nitrogens with zero attached hydrogens (tertiary/aromatic N) is 4. The Bertz CT molecular complexity index is 154. The van der Waals surface area contributed by atoms with Crippen LogP contribution in [0.5, 0.6) is 0 Å². The average molecular weight is 196 g/mol. The van der Waals surface area contributed by atoms with E-state index < -0.39 is 0 Å². The van der Waals surface area contributed by atoms with Crippen LogP contribution in [0.15, 0.2) is 12.2 Å². The third kappa shape index (κ3) is 2.15. The molecule has 4 fully saturated rings. The Hall–Kier alpha value is -0.420. The molecule has 80 valence electrons. The van der Waals surface area contributed by atoms with Gasteiger partial charge in [0.25, 0.3) is 0 Å². The first-order chi connectivity index (χ1) is 6.81. The van der Waals surface area contributed by atoms with E-state index in [9.17, 15) is 0 Å². The average Bonchev–Trinajstić information content (AvgIpc) is 2.16. The van der Waals surface area contributed by atoms with E-state index in [2.05, 4.69) is 19.6 Å². The van der Waals surface area contributed by atoms with Crippen molar-refractivity contribution in [2.75, 3.05) is 40.0 Å². The van der Waals surface area contributed by atoms with Gasteiger partial charge in [-0.05, 0) is 13.8 Å². The molecule has 0 N–H and O–H groups in total. The number of hydrogen-bond acceptors (Lipinski definition) is 4. The van der Waals surface area contributed by atoms with Crippen molar-refractivity contribution >= 4 is 0 Å². The van der Waals surface area contributed by atoms with Gasteiger partial charge in [0.15, 0.2) is 0 Å². The van der Waals surface area contributed by atoms with Crippen LogP contribution in [0.2, 0.25) is 0 Å². The molecule has 0 unspecified atom stereocenters. The summed E-state index contributed by atoms with van der Waals surface area (Å²) in [6, 6.07) is 0. The first-order valence-corrected chi connectivity index (χ1v) is 5.28. The van der Waals surface area contributed by atoms with Crippen LogP contribution >= 0.6 is 0 Å². The summed E-state index contributed by atoms with van der Waals surface area (Å²) in [5, 5.41) is 0. The molecule has 4 heterocycles. The van der Waals surface area contributed by atoms with Crippen molar-refractivity contribution in [2.24, 2.45) is 0 Å². The minimum absolute atomic E-state index is 1.19. The monoisotopic (exact) mass is 196 g/mol. The molecule has 4 rings (SSSR count). The Morgan fingerprint density at radius 2 is 0.786 bits per heavy atom. The highest BCUT2D eigenvalue weighted by atomic mass is 15.7. The van der Waals surface area contributed by atoms with Gasteiger partial charge in [-0.1, -0.05) is 12.2 Å². The second-order valence-corrected chi connectivity index (χ2v) is 4.20. The number of rotatable bonds is 0. The molecule has 0 saturated carbocycles. The molecule has 4 aliphatic heterocycles. The lowest BCUT2D eigenvalue weighted by Crippen LogP contribution is -2.71. The Morgan fingerprint density at radius 1 is 0.571 bits per heavy atom. The fourth-order valence-corrected chi connectivity index (χ4v) is 2.23. The summed E-state index contributed by atoms with van der Waals surface area (Å²) < 4.78 is 0. The van der Waals surface area contributed by atoms with Gasteiger partial charge in [-0.25, -0.2) is 0 Å². The highest BCUT2D eigenvalue weighted by Crippen LogP contribution is 2.20. The van der Waals surface area contributed by atoms with Crippen LogP contribution in [-0.4, -0.2) is 59.6 Å². The highest BCUT2D eigenvalue weighted by molar-refractivity contribution is 4.79. The molecule has 0 spiro atoms. The first-order valence-electron chi connectivity index (χ1n) is 5.28. The zero-order valence-corrected chi connectivity index (χ0v) is 9.19. The molecule has 4 saturated heterocycles. The summed E-state index contributed by atoms with van der Waals surface area (Å²) in [7, 11) is 0. The molecule has 4 nitrogen and oxygen atoms in total. The number of allylic oxidation sites excluding steroid dienone is 2. The lowest BCUT2D eigenvalue weighted by molar-refractivity contribution is -0.194. The smallest absolute Gasteiger partial charge is 0.0555 e. The van der Waals surface area contributed by atoms with Crippen LogP contribution in [-0.2, 0) is 0 Å². The van der Waals surface area contributed by atoms with Crippen LogP contribution in [0.25, 0.3) is 0 Å². The molecule has 0 atom stereocenters. The van der Waals surface area contributed by atoms with E-state index in [1.807, 2.05) is 26.0 Å². The Kier molecular flexibility index (Phi) is 3.18. The van der Waals surface area contributed by atoms with Crippen LogP contribution in [0, 0.1) is 0 Å². The summed E-state index contributed by atoms with van der Waals surface area (Å²) in [6.45, 7) is 11.1. The van der Waals surface area contributed by atoms with Crippen LogP contribution in [0.1, 0.15) is 13.8 Å². The summed E-state index contributed by atoms with van der Waals surface area (Å²) in [5.74, 6) is 0. The zero-order chi connectivity index (χ0) is 9.97. The maximum absolute atomic E-state index is 2.47. The van der Waals surface area contributed by atoms with Crippen LogP contribution < -0.4 is 0 Å². The predicted octanol–water partition coefficient (Wildman–Crippen LogP) is 0.563. The van der Waals surface area contributed by atoms with E-state index in [-0.39, 0.29) is 0 Å². The normalized spacial score (nSPS) is 43.9. The first kappa shape index (κ1) is 10.1. The minimum atomic E-state index is 1.19. The van der Waals surface area contributed by atoms with E-state index in [4.69, 9.17) is 0 Å². The van der Waals surface area contributed by atoms with Crippen molar-refractivity contribution < 1.29 is 0 Å². The van der Waals surface area contributed by atoms with Gasteiger partial charge < -0.3 is 0 Å². The van der Waals surface area contributed by atoms with Crippen molar-refractivity contribution in [1.29, 1.82) is 0 Å². The van der Waals surface area contributed by atoms with Gasteiger partial charge >= 0.3 is 0 Å². The molecule has 0 amide bonds. The second-order valence-electron chi connectivity index (χ2n) is 4.20. The lowest BCUT2D eigenvalue weighted by atomic mass is 10.4. The second kappa shape index (κ2) is 4.40. The largest absolute Gasteiger partial charge is 0.264 e. The van der Waals surface area contributed by atoms with E-state index in [1.165, 1.54) is 40.0 Å². The maximum atomic E-state index is 2.47. The highest BCUT2D eigenvalue weighted by Gasteiger charge is 2.36. The summed E-state index contributed by atoms with van der Waals surface area (Å²) in [4.78, 5) is 9.88. The molecular formula is C10H20N4. The van der Waals surface area contributed by atoms with Crippen molar-refractivity contribution in [3.05, 3.63) is 12.2 Å². The summed E-state index contributed by atoms with van der Waals surface area (Å²) >= 11 is 0. The molecule has 4 bridgehead atoms. The quantitative estimate of drug-likeness (QED) is 0.525. The summed E-state index contributed by atoms with van der Waals surface area (Å²) in [5.41, 5.74) is 0. The zero-order valence-electron chi connectivity index (χ0n) is 9.19. The van der Waals surface area contributed by atoms with Gasteiger partial charge in [0.05, 0.1) is 40.0 Å². The van der Waals surface area contributed by atoms with Gasteiger partial charge in [-0.3, -0.25) is 19.6 Å². The third-order valence-electron chi connectivity index (χ3n) is 2.73. The molecule has 0 aliphatic carbocycles. The van der Waals surface area contributed by atoms with Gasteiger partial charge in [0.2, 0.25) is 0 Å². The molecule has 0 aromatic heterocycles. The van der Waals surface area contributed by atoms with Crippen molar-refractivity contribution in [1.82, 2.24) is 19.6 Å². The Labute approximate surface area is 86.4 Å². The van der Waals surface area contributed by atoms with E-state index in [1.54, 1.807) is 0 Å². The van der Waals surface area contributed by atoms with Crippen molar-refractivity contribution in [3.8, 4) is 0 Å². The minimum Gasteiger partial charge on any atom is -0.264 e. The topological polar surface area (TPSA) is 13.0 Å². The van der Waals surface area contributed by atoms with Gasteiger partial charge in [0.1, 0.15) is 0 Å². The molecule has 14 heavy (non-hydrogen) atoms. The number of hydrogen-bond donors (Lipinski definition) is 0. The predicted molar refractivity (Wildman–Crippen MR) is 57.0 cm³/mol. The molecular weight excluding hydrogens is 176 g/mol. The van der Waals surface area contributed by atoms with Gasteiger partial charge in [-0.15, -0.1) is 0 Å². The Balaban J connectivity index is 0.000000165. The summed E-state index contributed by atoms with van der Waals surface area (Å²) in [6.07, 6.45) is 4.00. The standard InChI is InChI=1S/C6H12N4.C4H8/c1-7-2-9-4-8(1)5-10(3-7)6-9;1-3-4-2/h1-6H2;3-4H,1-2H3/b;4-3+. The van der Waals surface area contributed by atoms with E-state index in [0.29, 0.717) is 0 Å². The SMILES string of the molecule is C/C=C/C.C1N2CN3CN1CN(C2)C3. The lowest BCUT2D eigenvalue weighted by Gasteiger charge is -2.56. The Morgan fingerprint density at radius 3 is 0.929 bits per heavy atom.